The lowest BCUT2D eigenvalue weighted by Gasteiger charge is -2.38. The average Bonchev–Trinajstić information content (AvgIpc) is 1.33. The molecule has 0 saturated carbocycles. The number of carbonyl (C=O) groups is 2. The highest BCUT2D eigenvalue weighted by molar-refractivity contribution is 6.36. The van der Waals surface area contributed by atoms with Crippen molar-refractivity contribution in [2.75, 3.05) is 0 Å². The predicted molar refractivity (Wildman–Crippen MR) is 581 cm³/mol. The second-order valence-corrected chi connectivity index (χ2v) is 38.5. The molecule has 3 N–H and O–H groups in total. The second-order valence-electron chi connectivity index (χ2n) is 38.5. The molecule has 0 spiro atoms. The Morgan fingerprint density at radius 2 is 0.764 bits per heavy atom. The van der Waals surface area contributed by atoms with Gasteiger partial charge in [0.2, 0.25) is 11.9 Å². The molecule has 670 valence electrons. The third kappa shape index (κ3) is 11.4. The molecule has 18 aromatic carbocycles. The molecule has 2 aliphatic heterocycles. The van der Waals surface area contributed by atoms with E-state index < -0.39 is 5.92 Å². The van der Waals surface area contributed by atoms with E-state index in [4.69, 9.17) is 29.9 Å². The SMILES string of the molecule is O=C1NC2=c3c(c4ccccc4n3-c3ccc4c(-c5ccccc5)nc(-c5ccccc5)nc4c3)=C3C=CC=CC3C2c2cc(-c3ccc4c(ccc5c(-c6ccccc6)nc(-n6c7c(c8ccccc86)=C6C=CC=CC6C6C=7NC(=O)c7c6cc(-c6ccc8c9c%10c(=O)[nH]c%11ccccc%11c%10c%10ccccc%10c9n(-c9nc(-c%10ccccc%10)c%10ccccc%10n9)c8c6)c6ccccc76)nc54)c3)c3ccccc3c21. The molecule has 6 aliphatic rings. The summed E-state index contributed by atoms with van der Waals surface area (Å²) >= 11 is 0. The van der Waals surface area contributed by atoms with Gasteiger partial charge in [0.15, 0.2) is 5.82 Å². The number of nitrogens with one attached hydrogen (secondary N) is 3. The Morgan fingerprint density at radius 3 is 1.38 bits per heavy atom. The van der Waals surface area contributed by atoms with Crippen LogP contribution in [0.1, 0.15) is 43.7 Å². The summed E-state index contributed by atoms with van der Waals surface area (Å²) in [4.78, 5) is 84.7. The number of H-pyrrole nitrogens is 1. The summed E-state index contributed by atoms with van der Waals surface area (Å²) in [7, 11) is 0. The zero-order chi connectivity index (χ0) is 94.5. The molecule has 15 nitrogen and oxygen atoms in total. The summed E-state index contributed by atoms with van der Waals surface area (Å²) in [5, 5.41) is 27.3. The first-order chi connectivity index (χ1) is 71.2. The van der Waals surface area contributed by atoms with Crippen LogP contribution < -0.4 is 37.3 Å². The lowest BCUT2D eigenvalue weighted by molar-refractivity contribution is 0.0957. The molecule has 7 aromatic heterocycles. The van der Waals surface area contributed by atoms with E-state index in [2.05, 4.69) is 345 Å². The standard InChI is InChI=1S/C129H76N12O3/c142-125-111-81-41-15-13-39-79(81)96(68-98(111)107-83-43-17-19-45-85(83)109-92-51-25-29-55-103(92)139(122(109)119(107)134-125)77-60-64-91-102(67-77)130-124(73-37-11-4-12-38-73)133-115(91)70-31-5-1-6-32-70)75-57-61-78-74(65-75)59-63-95-117(72-35-9-3-10-36-72)137-129(138-118(78)95)140-104-56-30-26-52-93(104)110-86-46-20-18-44-84(86)108-99-69-97(80-40-14-16-42-82(80)112(99)126(143)135-120(108)123(110)140)76-58-62-94-105(66-76)141(128-132-101-54-28-24-50-90(101)116(136-128)71-33-7-2-8-34-71)121-88-48-22-21-47-87(88)106-89-49-23-27-53-100(89)131-127(144)114(106)113(94)121/h1-69,83-84,107-108H,(H,131,144)(H,134,142)(H,135,143). The molecule has 0 radical (unpaired) electrons. The molecular weight excluding hydrogens is 1770 g/mol. The summed E-state index contributed by atoms with van der Waals surface area (Å²) in [5.41, 5.74) is 24.2. The van der Waals surface area contributed by atoms with Crippen LogP contribution in [0.15, 0.2) is 423 Å². The maximum Gasteiger partial charge on any atom is 0.257 e. The molecule has 31 rings (SSSR count). The fourth-order valence-electron chi connectivity index (χ4n) is 25.1. The second kappa shape index (κ2) is 30.4. The van der Waals surface area contributed by atoms with Gasteiger partial charge in [-0.15, -0.1) is 0 Å². The predicted octanol–water partition coefficient (Wildman–Crippen LogP) is 25.2. The molecule has 4 aliphatic carbocycles. The van der Waals surface area contributed by atoms with Gasteiger partial charge < -0.3 is 20.2 Å². The highest BCUT2D eigenvalue weighted by atomic mass is 16.2. The molecule has 0 bridgehead atoms. The number of hydrogen-bond acceptors (Lipinski definition) is 9. The van der Waals surface area contributed by atoms with Crippen molar-refractivity contribution in [2.45, 2.75) is 11.8 Å². The van der Waals surface area contributed by atoms with Crippen molar-refractivity contribution in [3.63, 3.8) is 0 Å². The van der Waals surface area contributed by atoms with Crippen LogP contribution in [0.25, 0.3) is 249 Å². The number of allylic oxidation sites excluding steroid dienone is 8. The lowest BCUT2D eigenvalue weighted by Crippen LogP contribution is -2.49. The quantitative estimate of drug-likeness (QED) is 0.118. The van der Waals surface area contributed by atoms with Crippen LogP contribution >= 0.6 is 0 Å². The Kier molecular flexibility index (Phi) is 16.8. The average molecular weight is 1840 g/mol. The van der Waals surface area contributed by atoms with E-state index in [9.17, 15) is 0 Å². The van der Waals surface area contributed by atoms with E-state index in [1.165, 1.54) is 5.57 Å². The number of pyridine rings is 1. The molecule has 0 fully saturated rings. The van der Waals surface area contributed by atoms with Gasteiger partial charge >= 0.3 is 0 Å². The van der Waals surface area contributed by atoms with Crippen LogP contribution in [-0.4, -0.2) is 60.4 Å². The fraction of sp³-hybridized carbons (Fsp3) is 0.0310. The van der Waals surface area contributed by atoms with E-state index in [0.29, 0.717) is 34.2 Å². The molecule has 4 unspecified atom stereocenters. The molecule has 25 aromatic rings. The van der Waals surface area contributed by atoms with Gasteiger partial charge in [0.05, 0.1) is 94.3 Å². The van der Waals surface area contributed by atoms with Crippen LogP contribution in [0, 0.1) is 11.8 Å². The van der Waals surface area contributed by atoms with E-state index in [0.717, 1.165) is 252 Å². The molecular formula is C129H76N12O3. The number of benzene rings is 18. The topological polar surface area (TPSA) is 183 Å². The third-order valence-corrected chi connectivity index (χ3v) is 31.1. The van der Waals surface area contributed by atoms with Crippen molar-refractivity contribution in [1.82, 2.24) is 59.2 Å². The first kappa shape index (κ1) is 79.8. The third-order valence-electron chi connectivity index (χ3n) is 31.1. The van der Waals surface area contributed by atoms with Gasteiger partial charge in [0, 0.05) is 127 Å². The number of para-hydroxylation sites is 4. The Labute approximate surface area is 819 Å². The monoisotopic (exact) mass is 1840 g/mol. The van der Waals surface area contributed by atoms with Crippen LogP contribution in [0.5, 0.6) is 0 Å². The maximum absolute atomic E-state index is 16.4. The Bertz CT molecular complexity index is 10700. The highest BCUT2D eigenvalue weighted by Crippen LogP contribution is 2.54. The normalized spacial score (nSPS) is 16.1. The van der Waals surface area contributed by atoms with E-state index in [1.807, 2.05) is 103 Å². The Morgan fingerprint density at radius 1 is 0.292 bits per heavy atom. The molecule has 144 heavy (non-hydrogen) atoms. The largest absolute Gasteiger partial charge is 0.323 e. The number of fused-ring (bicyclic) bond motifs is 35. The summed E-state index contributed by atoms with van der Waals surface area (Å²) in [6.45, 7) is 0. The minimum atomic E-state index is -0.453. The fourth-order valence-corrected chi connectivity index (χ4v) is 25.1. The van der Waals surface area contributed by atoms with E-state index in [1.54, 1.807) is 0 Å². The zero-order valence-electron chi connectivity index (χ0n) is 76.9. The van der Waals surface area contributed by atoms with Crippen LogP contribution in [0.3, 0.4) is 0 Å². The minimum Gasteiger partial charge on any atom is -0.323 e. The zero-order valence-corrected chi connectivity index (χ0v) is 76.9. The van der Waals surface area contributed by atoms with Crippen molar-refractivity contribution < 1.29 is 9.59 Å². The van der Waals surface area contributed by atoms with Crippen molar-refractivity contribution >= 4 is 175 Å². The Balaban J connectivity index is 0.597. The number of hydrogen-bond donors (Lipinski definition) is 3. The number of aromatic amines is 1. The van der Waals surface area contributed by atoms with Gasteiger partial charge in [0.25, 0.3) is 17.4 Å². The first-order valence-corrected chi connectivity index (χ1v) is 48.9. The van der Waals surface area contributed by atoms with Crippen LogP contribution in [0.2, 0.25) is 0 Å². The first-order valence-electron chi connectivity index (χ1n) is 48.9. The van der Waals surface area contributed by atoms with Gasteiger partial charge in [-0.25, -0.2) is 29.9 Å². The van der Waals surface area contributed by atoms with Crippen molar-refractivity contribution in [2.24, 2.45) is 11.8 Å². The van der Waals surface area contributed by atoms with Crippen LogP contribution in [-0.2, 0) is 0 Å². The van der Waals surface area contributed by atoms with Crippen molar-refractivity contribution in [3.8, 4) is 85.0 Å². The molecule has 15 heteroatoms. The summed E-state index contributed by atoms with van der Waals surface area (Å²) < 4.78 is 6.76. The van der Waals surface area contributed by atoms with Crippen LogP contribution in [0.4, 0.5) is 0 Å². The highest BCUT2D eigenvalue weighted by Gasteiger charge is 2.45. The number of nitrogens with zero attached hydrogens (tertiary/aromatic N) is 9. The summed E-state index contributed by atoms with van der Waals surface area (Å²) in [6, 6.07) is 129. The van der Waals surface area contributed by atoms with Gasteiger partial charge in [-0.3, -0.25) is 23.5 Å². The number of aromatic nitrogens is 10. The number of amides is 2. The van der Waals surface area contributed by atoms with Crippen molar-refractivity contribution in [3.05, 3.63) is 472 Å². The maximum atomic E-state index is 16.4. The smallest absolute Gasteiger partial charge is 0.257 e. The summed E-state index contributed by atoms with van der Waals surface area (Å²) in [5.74, 6) is -0.0436. The lowest BCUT2D eigenvalue weighted by atomic mass is 9.70. The number of carbonyl (C=O) groups excluding carboxylic acids is 2. The number of rotatable bonds is 9. The minimum absolute atomic E-state index is 0.153. The Hall–Kier alpha value is -19.3. The van der Waals surface area contributed by atoms with Gasteiger partial charge in [-0.1, -0.05) is 346 Å². The van der Waals surface area contributed by atoms with Gasteiger partial charge in [-0.2, -0.15) is 0 Å². The van der Waals surface area contributed by atoms with Gasteiger partial charge in [0.1, 0.15) is 0 Å². The molecule has 0 saturated heterocycles. The van der Waals surface area contributed by atoms with Crippen molar-refractivity contribution in [1.29, 1.82) is 0 Å². The van der Waals surface area contributed by atoms with Gasteiger partial charge in [-0.05, 0) is 150 Å². The molecule has 4 atom stereocenters. The summed E-state index contributed by atoms with van der Waals surface area (Å²) in [6.07, 6.45) is 17.8. The molecule has 2 amide bonds. The molecule has 9 heterocycles. The van der Waals surface area contributed by atoms with E-state index >= 15 is 14.4 Å². The van der Waals surface area contributed by atoms with E-state index in [-0.39, 0.29) is 35.1 Å².